The van der Waals surface area contributed by atoms with E-state index < -0.39 is 0 Å². The maximum absolute atomic E-state index is 7.54. The fraction of sp³-hybridized carbons (Fsp3) is 0.583. The monoisotopic (exact) mass is 248 g/mol. The van der Waals surface area contributed by atoms with Crippen molar-refractivity contribution in [3.8, 4) is 0 Å². The van der Waals surface area contributed by atoms with Crippen molar-refractivity contribution in [1.82, 2.24) is 15.1 Å². The largest absolute Gasteiger partial charge is 0.384 e. The molecule has 6 heteroatoms. The molecule has 98 valence electrons. The Kier molecular flexibility index (Phi) is 4.09. The Morgan fingerprint density at radius 3 is 2.89 bits per heavy atom. The van der Waals surface area contributed by atoms with E-state index in [1.54, 1.807) is 12.3 Å². The van der Waals surface area contributed by atoms with Crippen molar-refractivity contribution < 1.29 is 0 Å². The molecule has 1 aromatic heterocycles. The zero-order valence-electron chi connectivity index (χ0n) is 10.8. The van der Waals surface area contributed by atoms with Gasteiger partial charge in [-0.2, -0.15) is 5.10 Å². The van der Waals surface area contributed by atoms with E-state index in [2.05, 4.69) is 15.1 Å². The van der Waals surface area contributed by atoms with Crippen LogP contribution in [0.1, 0.15) is 18.4 Å². The Bertz CT molecular complexity index is 413. The number of nitrogens with two attached hydrogens (primary N) is 1. The quantitative estimate of drug-likeness (QED) is 0.578. The van der Waals surface area contributed by atoms with Gasteiger partial charge in [-0.05, 0) is 32.0 Å². The molecular formula is C12H20N6. The Labute approximate surface area is 107 Å². The average Bonchev–Trinajstić information content (AvgIpc) is 2.89. The molecule has 0 radical (unpaired) electrons. The first-order valence-corrected chi connectivity index (χ1v) is 6.28. The number of rotatable bonds is 5. The highest BCUT2D eigenvalue weighted by molar-refractivity contribution is 5.99. The van der Waals surface area contributed by atoms with Gasteiger partial charge in [0.2, 0.25) is 0 Å². The van der Waals surface area contributed by atoms with Gasteiger partial charge in [0.15, 0.2) is 5.82 Å². The molecule has 2 rings (SSSR count). The normalized spacial score (nSPS) is 15.8. The Morgan fingerprint density at radius 2 is 2.22 bits per heavy atom. The van der Waals surface area contributed by atoms with E-state index in [9.17, 15) is 0 Å². The van der Waals surface area contributed by atoms with Crippen LogP contribution in [0.2, 0.25) is 0 Å². The lowest BCUT2D eigenvalue weighted by atomic mass is 10.2. The number of hydrogen-bond acceptors (Lipinski definition) is 5. The maximum Gasteiger partial charge on any atom is 0.162 e. The van der Waals surface area contributed by atoms with E-state index in [1.165, 1.54) is 25.9 Å². The van der Waals surface area contributed by atoms with E-state index in [0.29, 0.717) is 11.4 Å². The molecule has 0 spiro atoms. The van der Waals surface area contributed by atoms with Crippen molar-refractivity contribution in [2.45, 2.75) is 12.8 Å². The fourth-order valence-electron chi connectivity index (χ4n) is 2.22. The minimum atomic E-state index is 0.0351. The molecule has 6 nitrogen and oxygen atoms in total. The number of aromatic nitrogens is 2. The van der Waals surface area contributed by atoms with Crippen molar-refractivity contribution in [3.63, 3.8) is 0 Å². The molecule has 0 aromatic carbocycles. The number of hydrogen-bond donors (Lipinski definition) is 2. The molecule has 0 bridgehead atoms. The first kappa shape index (κ1) is 12.8. The summed E-state index contributed by atoms with van der Waals surface area (Å²) < 4.78 is 0. The van der Waals surface area contributed by atoms with E-state index in [4.69, 9.17) is 11.1 Å². The van der Waals surface area contributed by atoms with Crippen LogP contribution in [0.25, 0.3) is 0 Å². The lowest BCUT2D eigenvalue weighted by Gasteiger charge is -2.23. The highest BCUT2D eigenvalue weighted by Crippen LogP contribution is 2.14. The Hall–Kier alpha value is -1.69. The topological polar surface area (TPSA) is 82.1 Å². The molecule has 0 unspecified atom stereocenters. The summed E-state index contributed by atoms with van der Waals surface area (Å²) in [5.41, 5.74) is 6.20. The molecular weight excluding hydrogens is 228 g/mol. The molecule has 1 saturated heterocycles. The van der Waals surface area contributed by atoms with Crippen LogP contribution in [-0.2, 0) is 0 Å². The van der Waals surface area contributed by atoms with Gasteiger partial charge in [0, 0.05) is 20.1 Å². The number of nitrogens with one attached hydrogen (secondary N) is 1. The third-order valence-corrected chi connectivity index (χ3v) is 3.30. The molecule has 0 aliphatic carbocycles. The predicted molar refractivity (Wildman–Crippen MR) is 72.0 cm³/mol. The number of likely N-dealkylation sites (N-methyl/N-ethyl adjacent to an activating group) is 1. The number of anilines is 1. The summed E-state index contributed by atoms with van der Waals surface area (Å²) in [5, 5.41) is 15.5. The number of likely N-dealkylation sites (tertiary alicyclic amines) is 1. The SMILES string of the molecule is CN(CCN1CCCC1)c1nnccc1C(=N)N. The number of nitrogen functional groups attached to an aromatic ring is 1. The molecule has 0 amide bonds. The maximum atomic E-state index is 7.54. The summed E-state index contributed by atoms with van der Waals surface area (Å²) in [6, 6.07) is 1.73. The Balaban J connectivity index is 1.99. The van der Waals surface area contributed by atoms with Gasteiger partial charge in [0.25, 0.3) is 0 Å². The second kappa shape index (κ2) is 5.77. The van der Waals surface area contributed by atoms with Gasteiger partial charge in [-0.3, -0.25) is 5.41 Å². The molecule has 3 N–H and O–H groups in total. The highest BCUT2D eigenvalue weighted by Gasteiger charge is 2.15. The van der Waals surface area contributed by atoms with Crippen LogP contribution < -0.4 is 10.6 Å². The Morgan fingerprint density at radius 1 is 1.50 bits per heavy atom. The number of amidine groups is 1. The minimum absolute atomic E-state index is 0.0351. The van der Waals surface area contributed by atoms with Crippen LogP contribution in [0.5, 0.6) is 0 Å². The van der Waals surface area contributed by atoms with Gasteiger partial charge >= 0.3 is 0 Å². The predicted octanol–water partition coefficient (Wildman–Crippen LogP) is 0.293. The molecule has 1 aliphatic heterocycles. The second-order valence-corrected chi connectivity index (χ2v) is 4.65. The molecule has 1 aromatic rings. The first-order valence-electron chi connectivity index (χ1n) is 6.28. The van der Waals surface area contributed by atoms with Crippen molar-refractivity contribution in [3.05, 3.63) is 17.8 Å². The van der Waals surface area contributed by atoms with Gasteiger partial charge in [0.05, 0.1) is 11.8 Å². The van der Waals surface area contributed by atoms with Gasteiger partial charge < -0.3 is 15.5 Å². The highest BCUT2D eigenvalue weighted by atomic mass is 15.3. The minimum Gasteiger partial charge on any atom is -0.384 e. The molecule has 1 fully saturated rings. The molecule has 1 aliphatic rings. The standard InChI is InChI=1S/C12H20N6/c1-17(8-9-18-6-2-3-7-18)12-10(11(13)14)4-5-15-16-12/h4-5H,2-3,6-9H2,1H3,(H3,13,14). The van der Waals surface area contributed by atoms with Crippen molar-refractivity contribution >= 4 is 11.7 Å². The van der Waals surface area contributed by atoms with E-state index in [0.717, 1.165) is 13.1 Å². The zero-order valence-corrected chi connectivity index (χ0v) is 10.8. The second-order valence-electron chi connectivity index (χ2n) is 4.65. The van der Waals surface area contributed by atoms with Gasteiger partial charge in [-0.15, -0.1) is 5.10 Å². The van der Waals surface area contributed by atoms with Crippen molar-refractivity contribution in [1.29, 1.82) is 5.41 Å². The molecule has 2 heterocycles. The van der Waals surface area contributed by atoms with E-state index >= 15 is 0 Å². The third kappa shape index (κ3) is 2.95. The lowest BCUT2D eigenvalue weighted by Crippen LogP contribution is -2.33. The van der Waals surface area contributed by atoms with Gasteiger partial charge in [0.1, 0.15) is 5.84 Å². The van der Waals surface area contributed by atoms with Crippen molar-refractivity contribution in [2.75, 3.05) is 38.1 Å². The van der Waals surface area contributed by atoms with Gasteiger partial charge in [-0.1, -0.05) is 0 Å². The van der Waals surface area contributed by atoms with Crippen LogP contribution in [-0.4, -0.2) is 54.2 Å². The zero-order chi connectivity index (χ0) is 13.0. The number of nitrogens with zero attached hydrogens (tertiary/aromatic N) is 4. The average molecular weight is 248 g/mol. The smallest absolute Gasteiger partial charge is 0.162 e. The molecule has 0 saturated carbocycles. The fourth-order valence-corrected chi connectivity index (χ4v) is 2.22. The van der Waals surface area contributed by atoms with Crippen LogP contribution in [0.15, 0.2) is 12.3 Å². The summed E-state index contributed by atoms with van der Waals surface area (Å²) in [4.78, 5) is 4.46. The van der Waals surface area contributed by atoms with Gasteiger partial charge in [-0.25, -0.2) is 0 Å². The first-order chi connectivity index (χ1) is 8.68. The summed E-state index contributed by atoms with van der Waals surface area (Å²) in [6.07, 6.45) is 4.16. The summed E-state index contributed by atoms with van der Waals surface area (Å²) >= 11 is 0. The van der Waals surface area contributed by atoms with Crippen LogP contribution >= 0.6 is 0 Å². The van der Waals surface area contributed by atoms with Crippen LogP contribution in [0, 0.1) is 5.41 Å². The molecule has 18 heavy (non-hydrogen) atoms. The van der Waals surface area contributed by atoms with E-state index in [-0.39, 0.29) is 5.84 Å². The van der Waals surface area contributed by atoms with E-state index in [1.807, 2.05) is 11.9 Å². The summed E-state index contributed by atoms with van der Waals surface area (Å²) in [7, 11) is 1.96. The third-order valence-electron chi connectivity index (χ3n) is 3.30. The lowest BCUT2D eigenvalue weighted by molar-refractivity contribution is 0.346. The summed E-state index contributed by atoms with van der Waals surface area (Å²) in [6.45, 7) is 4.27. The van der Waals surface area contributed by atoms with Crippen molar-refractivity contribution in [2.24, 2.45) is 5.73 Å². The summed E-state index contributed by atoms with van der Waals surface area (Å²) in [5.74, 6) is 0.720. The molecule has 0 atom stereocenters. The van der Waals surface area contributed by atoms with Crippen LogP contribution in [0.4, 0.5) is 5.82 Å². The van der Waals surface area contributed by atoms with Crippen LogP contribution in [0.3, 0.4) is 0 Å².